The molecule has 3 aromatic heterocycles. The molecular formula is C23H25N5O2. The Morgan fingerprint density at radius 2 is 2.00 bits per heavy atom. The van der Waals surface area contributed by atoms with Gasteiger partial charge >= 0.3 is 0 Å². The molecule has 0 atom stereocenters. The van der Waals surface area contributed by atoms with Gasteiger partial charge in [0, 0.05) is 5.39 Å². The molecule has 7 heteroatoms. The molecule has 0 bridgehead atoms. The number of aromatic nitrogens is 3. The molecule has 2 N–H and O–H groups in total. The van der Waals surface area contributed by atoms with E-state index in [0.717, 1.165) is 54.0 Å². The molecular weight excluding hydrogens is 378 g/mol. The zero-order valence-electron chi connectivity index (χ0n) is 17.5. The smallest absolute Gasteiger partial charge is 0.260 e. The van der Waals surface area contributed by atoms with Crippen LogP contribution >= 0.6 is 0 Å². The molecule has 0 saturated carbocycles. The van der Waals surface area contributed by atoms with Gasteiger partial charge in [-0.2, -0.15) is 0 Å². The fourth-order valence-electron chi connectivity index (χ4n) is 4.42. The lowest BCUT2D eigenvalue weighted by molar-refractivity contribution is 0.102. The Morgan fingerprint density at radius 1 is 1.20 bits per heavy atom. The second-order valence-corrected chi connectivity index (χ2v) is 8.14. The van der Waals surface area contributed by atoms with E-state index in [9.17, 15) is 4.79 Å². The minimum Gasteiger partial charge on any atom is -0.461 e. The summed E-state index contributed by atoms with van der Waals surface area (Å²) in [6, 6.07) is 7.86. The molecule has 1 saturated heterocycles. The van der Waals surface area contributed by atoms with E-state index in [-0.39, 0.29) is 5.91 Å². The van der Waals surface area contributed by atoms with Gasteiger partial charge in [-0.1, -0.05) is 6.07 Å². The largest absolute Gasteiger partial charge is 0.461 e. The Morgan fingerprint density at radius 3 is 2.80 bits per heavy atom. The quantitative estimate of drug-likeness (QED) is 0.538. The molecule has 1 amide bonds. The molecule has 5 rings (SSSR count). The van der Waals surface area contributed by atoms with Crippen molar-refractivity contribution in [2.24, 2.45) is 0 Å². The summed E-state index contributed by atoms with van der Waals surface area (Å²) >= 11 is 0. The first kappa shape index (κ1) is 18.8. The van der Waals surface area contributed by atoms with Crippen LogP contribution in [-0.2, 0) is 0 Å². The second-order valence-electron chi connectivity index (χ2n) is 8.14. The average molecular weight is 403 g/mol. The van der Waals surface area contributed by atoms with Crippen LogP contribution in [0.2, 0.25) is 0 Å². The maximum Gasteiger partial charge on any atom is 0.260 e. The highest BCUT2D eigenvalue weighted by Gasteiger charge is 2.23. The molecule has 0 radical (unpaired) electrons. The van der Waals surface area contributed by atoms with Crippen molar-refractivity contribution in [3.8, 4) is 0 Å². The van der Waals surface area contributed by atoms with Crippen molar-refractivity contribution in [3.05, 3.63) is 58.6 Å². The Bertz CT molecular complexity index is 1260. The lowest BCUT2D eigenvalue weighted by Crippen LogP contribution is -2.26. The van der Waals surface area contributed by atoms with Crippen molar-refractivity contribution >= 4 is 28.3 Å². The number of nitrogens with one attached hydrogen (secondary N) is 2. The molecule has 1 aliphatic heterocycles. The van der Waals surface area contributed by atoms with E-state index in [2.05, 4.69) is 26.8 Å². The highest BCUT2D eigenvalue weighted by atomic mass is 16.3. The minimum absolute atomic E-state index is 0.228. The van der Waals surface area contributed by atoms with Crippen LogP contribution < -0.4 is 10.6 Å². The number of aryl methyl sites for hydroxylation is 3. The molecule has 1 aromatic carbocycles. The minimum atomic E-state index is -0.228. The van der Waals surface area contributed by atoms with E-state index in [1.807, 2.05) is 45.2 Å². The number of fused-ring (bicyclic) bond motifs is 2. The Hall–Kier alpha value is -3.19. The van der Waals surface area contributed by atoms with Gasteiger partial charge in [0.25, 0.3) is 5.91 Å². The lowest BCUT2D eigenvalue weighted by atomic mass is 9.87. The van der Waals surface area contributed by atoms with E-state index < -0.39 is 0 Å². The van der Waals surface area contributed by atoms with Crippen molar-refractivity contribution in [1.82, 2.24) is 19.9 Å². The van der Waals surface area contributed by atoms with Crippen molar-refractivity contribution in [2.45, 2.75) is 39.5 Å². The summed E-state index contributed by atoms with van der Waals surface area (Å²) in [5.41, 5.74) is 5.07. The number of amides is 1. The third kappa shape index (κ3) is 3.25. The van der Waals surface area contributed by atoms with Crippen LogP contribution in [-0.4, -0.2) is 33.6 Å². The van der Waals surface area contributed by atoms with E-state index in [0.29, 0.717) is 22.9 Å². The molecule has 4 heterocycles. The fourth-order valence-corrected chi connectivity index (χ4v) is 4.42. The third-order valence-corrected chi connectivity index (χ3v) is 5.84. The van der Waals surface area contributed by atoms with Gasteiger partial charge in [-0.25, -0.2) is 9.50 Å². The number of rotatable bonds is 3. The zero-order chi connectivity index (χ0) is 20.8. The van der Waals surface area contributed by atoms with Crippen LogP contribution in [0.5, 0.6) is 0 Å². The normalized spacial score (nSPS) is 15.2. The number of carbonyl (C=O) groups excluding carboxylic acids is 1. The zero-order valence-corrected chi connectivity index (χ0v) is 17.5. The number of piperidine rings is 1. The standard InChI is InChI=1S/C23H25N5O2/c1-13-10-20(27-28-12-14(2)25-22(13)28)26-23(29)18-5-4-17(16-6-8-24-9-7-16)19-11-15(3)30-21(18)19/h4-5,10-12,16,24H,6-9H2,1-3H3,(H,26,27,29). The molecule has 0 aliphatic carbocycles. The summed E-state index contributed by atoms with van der Waals surface area (Å²) in [6.07, 6.45) is 4.04. The van der Waals surface area contributed by atoms with E-state index >= 15 is 0 Å². The van der Waals surface area contributed by atoms with Crippen LogP contribution in [0.4, 0.5) is 5.82 Å². The predicted molar refractivity (Wildman–Crippen MR) is 116 cm³/mol. The van der Waals surface area contributed by atoms with Crippen LogP contribution in [0.1, 0.15) is 51.7 Å². The Balaban J connectivity index is 1.51. The molecule has 4 aromatic rings. The van der Waals surface area contributed by atoms with Crippen molar-refractivity contribution in [2.75, 3.05) is 18.4 Å². The van der Waals surface area contributed by atoms with Crippen LogP contribution in [0, 0.1) is 20.8 Å². The maximum atomic E-state index is 13.1. The second kappa shape index (κ2) is 7.25. The summed E-state index contributed by atoms with van der Waals surface area (Å²) in [5.74, 6) is 1.55. The summed E-state index contributed by atoms with van der Waals surface area (Å²) in [4.78, 5) is 17.6. The number of benzene rings is 1. The molecule has 0 spiro atoms. The Kier molecular flexibility index (Phi) is 4.55. The first-order valence-corrected chi connectivity index (χ1v) is 10.4. The summed E-state index contributed by atoms with van der Waals surface area (Å²) < 4.78 is 7.68. The molecule has 1 fully saturated rings. The maximum absolute atomic E-state index is 13.1. The van der Waals surface area contributed by atoms with Crippen molar-refractivity contribution in [3.63, 3.8) is 0 Å². The van der Waals surface area contributed by atoms with Gasteiger partial charge in [0.15, 0.2) is 11.5 Å². The van der Waals surface area contributed by atoms with Gasteiger partial charge in [-0.3, -0.25) is 4.79 Å². The summed E-state index contributed by atoms with van der Waals surface area (Å²) in [6.45, 7) is 7.85. The number of nitrogens with zero attached hydrogens (tertiary/aromatic N) is 3. The number of imidazole rings is 1. The van der Waals surface area contributed by atoms with Crippen molar-refractivity contribution < 1.29 is 9.21 Å². The summed E-state index contributed by atoms with van der Waals surface area (Å²) in [5, 5.41) is 11.9. The molecule has 1 aliphatic rings. The number of anilines is 1. The lowest BCUT2D eigenvalue weighted by Gasteiger charge is -2.23. The SMILES string of the molecule is Cc1cn2nc(NC(=O)c3ccc(C4CCNCC4)c4cc(C)oc34)cc(C)c2n1. The number of hydrogen-bond acceptors (Lipinski definition) is 5. The van der Waals surface area contributed by atoms with E-state index in [1.165, 1.54) is 5.56 Å². The van der Waals surface area contributed by atoms with Gasteiger partial charge in [0.2, 0.25) is 0 Å². The number of hydrogen-bond donors (Lipinski definition) is 2. The van der Waals surface area contributed by atoms with Gasteiger partial charge in [-0.15, -0.1) is 5.10 Å². The van der Waals surface area contributed by atoms with E-state index in [1.54, 1.807) is 4.52 Å². The molecule has 154 valence electrons. The topological polar surface area (TPSA) is 84.5 Å². The fraction of sp³-hybridized carbons (Fsp3) is 0.348. The Labute approximate surface area is 174 Å². The van der Waals surface area contributed by atoms with Gasteiger partial charge in [0.05, 0.1) is 17.5 Å². The summed E-state index contributed by atoms with van der Waals surface area (Å²) in [7, 11) is 0. The van der Waals surface area contributed by atoms with Crippen LogP contribution in [0.25, 0.3) is 16.6 Å². The van der Waals surface area contributed by atoms with Gasteiger partial charge in [-0.05, 0) is 81.9 Å². The number of furan rings is 1. The first-order chi connectivity index (χ1) is 14.5. The van der Waals surface area contributed by atoms with E-state index in [4.69, 9.17) is 4.42 Å². The van der Waals surface area contributed by atoms with Gasteiger partial charge < -0.3 is 15.1 Å². The van der Waals surface area contributed by atoms with Gasteiger partial charge in [0.1, 0.15) is 11.3 Å². The number of carbonyl (C=O) groups is 1. The van der Waals surface area contributed by atoms with Crippen LogP contribution in [0.3, 0.4) is 0 Å². The molecule has 0 unspecified atom stereocenters. The van der Waals surface area contributed by atoms with Crippen LogP contribution in [0.15, 0.2) is 34.9 Å². The highest BCUT2D eigenvalue weighted by Crippen LogP contribution is 2.35. The molecule has 30 heavy (non-hydrogen) atoms. The third-order valence-electron chi connectivity index (χ3n) is 5.84. The average Bonchev–Trinajstić information content (AvgIpc) is 3.29. The molecule has 7 nitrogen and oxygen atoms in total. The highest BCUT2D eigenvalue weighted by molar-refractivity contribution is 6.11. The predicted octanol–water partition coefficient (Wildman–Crippen LogP) is 4.12. The monoisotopic (exact) mass is 403 g/mol. The van der Waals surface area contributed by atoms with Crippen molar-refractivity contribution in [1.29, 1.82) is 0 Å². The first-order valence-electron chi connectivity index (χ1n) is 10.4.